The zero-order valence-electron chi connectivity index (χ0n) is 11.5. The van der Waals surface area contributed by atoms with E-state index in [1.807, 2.05) is 6.07 Å². The highest BCUT2D eigenvalue weighted by Crippen LogP contribution is 2.32. The number of aromatic nitrogens is 1. The van der Waals surface area contributed by atoms with Crippen molar-refractivity contribution in [1.29, 1.82) is 5.26 Å². The Kier molecular flexibility index (Phi) is 4.43. The van der Waals surface area contributed by atoms with Crippen LogP contribution in [0.5, 0.6) is 0 Å². The number of esters is 1. The average molecular weight is 351 g/mol. The molecule has 0 spiro atoms. The molecule has 0 unspecified atom stereocenters. The van der Waals surface area contributed by atoms with Gasteiger partial charge in [0.05, 0.1) is 6.61 Å². The van der Waals surface area contributed by atoms with Crippen LogP contribution in [0, 0.1) is 17.3 Å². The molecule has 0 saturated heterocycles. The predicted octanol–water partition coefficient (Wildman–Crippen LogP) is 3.64. The van der Waals surface area contributed by atoms with Gasteiger partial charge in [-0.3, -0.25) is 0 Å². The fourth-order valence-corrected chi connectivity index (χ4v) is 2.36. The Morgan fingerprint density at radius 3 is 2.57 bits per heavy atom. The minimum atomic E-state index is -0.751. The van der Waals surface area contributed by atoms with Crippen molar-refractivity contribution in [1.82, 2.24) is 4.57 Å². The van der Waals surface area contributed by atoms with E-state index in [1.54, 1.807) is 31.2 Å². The molecule has 1 aromatic carbocycles. The van der Waals surface area contributed by atoms with Crippen LogP contribution in [0.3, 0.4) is 0 Å². The van der Waals surface area contributed by atoms with E-state index in [2.05, 4.69) is 15.9 Å². The second kappa shape index (κ2) is 6.10. The number of nitrogens with zero attached hydrogens (tertiary/aromatic N) is 2. The number of hydrogen-bond donors (Lipinski definition) is 0. The van der Waals surface area contributed by atoms with Crippen molar-refractivity contribution in [2.45, 2.75) is 6.92 Å². The summed E-state index contributed by atoms with van der Waals surface area (Å²) in [5.41, 5.74) is 0.705. The van der Waals surface area contributed by atoms with E-state index in [0.717, 1.165) is 9.04 Å². The molecule has 0 aliphatic heterocycles. The molecule has 0 amide bonds. The Balaban J connectivity index is 2.73. The molecule has 0 aliphatic carbocycles. The number of carbonyl (C=O) groups excluding carboxylic acids is 1. The van der Waals surface area contributed by atoms with Crippen LogP contribution >= 0.6 is 15.9 Å². The summed E-state index contributed by atoms with van der Waals surface area (Å²) < 4.78 is 21.0. The van der Waals surface area contributed by atoms with Crippen LogP contribution in [0.4, 0.5) is 4.39 Å². The number of benzene rings is 1. The maximum absolute atomic E-state index is 14.2. The van der Waals surface area contributed by atoms with Gasteiger partial charge < -0.3 is 9.30 Å². The minimum Gasteiger partial charge on any atom is -0.461 e. The van der Waals surface area contributed by atoms with Crippen molar-refractivity contribution in [3.63, 3.8) is 0 Å². The van der Waals surface area contributed by atoms with Gasteiger partial charge in [-0.2, -0.15) is 9.65 Å². The molecule has 108 valence electrons. The molecule has 0 saturated carbocycles. The Labute approximate surface area is 129 Å². The molecule has 0 aliphatic rings. The van der Waals surface area contributed by atoms with Gasteiger partial charge in [-0.25, -0.2) is 4.79 Å². The normalized spacial score (nSPS) is 10.2. The lowest BCUT2D eigenvalue weighted by Gasteiger charge is -2.07. The summed E-state index contributed by atoms with van der Waals surface area (Å²) >= 11 is 3.31. The van der Waals surface area contributed by atoms with Crippen molar-refractivity contribution in [2.75, 3.05) is 6.61 Å². The SMILES string of the molecule is CCOC(=O)c1c(-c2ccc(Br)cc2)c(C#N)c(F)n1C. The molecule has 2 aromatic rings. The second-order valence-electron chi connectivity index (χ2n) is 4.29. The monoisotopic (exact) mass is 350 g/mol. The largest absolute Gasteiger partial charge is 0.461 e. The molecule has 4 nitrogen and oxygen atoms in total. The maximum atomic E-state index is 14.2. The van der Waals surface area contributed by atoms with Gasteiger partial charge in [-0.05, 0) is 24.6 Å². The third kappa shape index (κ3) is 2.69. The summed E-state index contributed by atoms with van der Waals surface area (Å²) in [5, 5.41) is 9.20. The van der Waals surface area contributed by atoms with Gasteiger partial charge in [0, 0.05) is 17.1 Å². The first-order valence-corrected chi connectivity index (χ1v) is 7.01. The van der Waals surface area contributed by atoms with Gasteiger partial charge in [0.2, 0.25) is 5.95 Å². The van der Waals surface area contributed by atoms with Crippen molar-refractivity contribution < 1.29 is 13.9 Å². The Bertz CT molecular complexity index is 730. The van der Waals surface area contributed by atoms with Crippen LogP contribution in [0.25, 0.3) is 11.1 Å². The highest BCUT2D eigenvalue weighted by Gasteiger charge is 2.27. The highest BCUT2D eigenvalue weighted by molar-refractivity contribution is 9.10. The first kappa shape index (κ1) is 15.3. The molecule has 0 radical (unpaired) electrons. The lowest BCUT2D eigenvalue weighted by atomic mass is 10.0. The van der Waals surface area contributed by atoms with Gasteiger partial charge in [-0.15, -0.1) is 0 Å². The topological polar surface area (TPSA) is 55.0 Å². The summed E-state index contributed by atoms with van der Waals surface area (Å²) in [6, 6.07) is 8.76. The third-order valence-electron chi connectivity index (χ3n) is 3.04. The molecular weight excluding hydrogens is 339 g/mol. The zero-order chi connectivity index (χ0) is 15.6. The Morgan fingerprint density at radius 2 is 2.05 bits per heavy atom. The Morgan fingerprint density at radius 1 is 1.43 bits per heavy atom. The number of hydrogen-bond acceptors (Lipinski definition) is 3. The van der Waals surface area contributed by atoms with E-state index in [4.69, 9.17) is 4.74 Å². The van der Waals surface area contributed by atoms with Gasteiger partial charge in [0.25, 0.3) is 0 Å². The van der Waals surface area contributed by atoms with Crippen LogP contribution in [-0.4, -0.2) is 17.1 Å². The minimum absolute atomic E-state index is 0.0354. The first-order valence-electron chi connectivity index (χ1n) is 6.22. The quantitative estimate of drug-likeness (QED) is 0.794. The van der Waals surface area contributed by atoms with Crippen molar-refractivity contribution in [2.24, 2.45) is 7.05 Å². The molecule has 6 heteroatoms. The molecule has 0 fully saturated rings. The molecule has 21 heavy (non-hydrogen) atoms. The summed E-state index contributed by atoms with van der Waals surface area (Å²) in [7, 11) is 1.39. The van der Waals surface area contributed by atoms with Crippen LogP contribution in [0.1, 0.15) is 23.0 Å². The van der Waals surface area contributed by atoms with Gasteiger partial charge in [0.1, 0.15) is 17.3 Å². The van der Waals surface area contributed by atoms with Crippen LogP contribution in [0.15, 0.2) is 28.7 Å². The molecule has 1 heterocycles. The summed E-state index contributed by atoms with van der Waals surface area (Å²) in [6.07, 6.45) is 0. The molecule has 0 bridgehead atoms. The van der Waals surface area contributed by atoms with E-state index in [0.29, 0.717) is 5.56 Å². The summed E-state index contributed by atoms with van der Waals surface area (Å²) in [4.78, 5) is 12.1. The molecular formula is C15H12BrFN2O2. The smallest absolute Gasteiger partial charge is 0.355 e. The van der Waals surface area contributed by atoms with Crippen molar-refractivity contribution in [3.05, 3.63) is 45.9 Å². The van der Waals surface area contributed by atoms with Gasteiger partial charge in [0.15, 0.2) is 0 Å². The van der Waals surface area contributed by atoms with Crippen LogP contribution < -0.4 is 0 Å². The summed E-state index contributed by atoms with van der Waals surface area (Å²) in [5.74, 6) is -1.41. The van der Waals surface area contributed by atoms with E-state index in [1.165, 1.54) is 7.05 Å². The summed E-state index contributed by atoms with van der Waals surface area (Å²) in [6.45, 7) is 1.84. The fraction of sp³-hybridized carbons (Fsp3) is 0.200. The lowest BCUT2D eigenvalue weighted by molar-refractivity contribution is 0.0514. The molecule has 2 rings (SSSR count). The first-order chi connectivity index (χ1) is 10.0. The Hall–Kier alpha value is -2.13. The van der Waals surface area contributed by atoms with Crippen LogP contribution in [-0.2, 0) is 11.8 Å². The van der Waals surface area contributed by atoms with Gasteiger partial charge >= 0.3 is 5.97 Å². The standard InChI is InChI=1S/C15H12BrFN2O2/c1-3-21-15(20)13-12(9-4-6-10(16)7-5-9)11(8-18)14(17)19(13)2/h4-7H,3H2,1-2H3. The van der Waals surface area contributed by atoms with Crippen molar-refractivity contribution in [3.8, 4) is 17.2 Å². The highest BCUT2D eigenvalue weighted by atomic mass is 79.9. The molecule has 0 atom stereocenters. The average Bonchev–Trinajstić information content (AvgIpc) is 2.72. The number of nitriles is 1. The van der Waals surface area contributed by atoms with E-state index in [9.17, 15) is 14.4 Å². The van der Waals surface area contributed by atoms with E-state index >= 15 is 0 Å². The third-order valence-corrected chi connectivity index (χ3v) is 3.57. The van der Waals surface area contributed by atoms with Gasteiger partial charge in [-0.1, -0.05) is 28.1 Å². The second-order valence-corrected chi connectivity index (χ2v) is 5.20. The van der Waals surface area contributed by atoms with E-state index in [-0.39, 0.29) is 23.4 Å². The van der Waals surface area contributed by atoms with E-state index < -0.39 is 11.9 Å². The number of carbonyl (C=O) groups is 1. The fourth-order valence-electron chi connectivity index (χ4n) is 2.09. The molecule has 1 aromatic heterocycles. The maximum Gasteiger partial charge on any atom is 0.355 e. The number of rotatable bonds is 3. The van der Waals surface area contributed by atoms with Crippen LogP contribution in [0.2, 0.25) is 0 Å². The molecule has 0 N–H and O–H groups in total. The lowest BCUT2D eigenvalue weighted by Crippen LogP contribution is -2.11. The zero-order valence-corrected chi connectivity index (χ0v) is 13.1. The number of halogens is 2. The van der Waals surface area contributed by atoms with Crippen molar-refractivity contribution >= 4 is 21.9 Å². The number of ether oxygens (including phenoxy) is 1. The predicted molar refractivity (Wildman–Crippen MR) is 79.2 cm³/mol.